The van der Waals surface area contributed by atoms with E-state index in [4.69, 9.17) is 16.6 Å². The fraction of sp³-hybridized carbons (Fsp3) is 0.536. The topological polar surface area (TPSA) is 53.5 Å². The molecule has 1 atom stereocenters. The summed E-state index contributed by atoms with van der Waals surface area (Å²) in [5.41, 5.74) is 5.18. The predicted octanol–water partition coefficient (Wildman–Crippen LogP) is 5.62. The first kappa shape index (κ1) is 24.8. The number of benzene rings is 1. The van der Waals surface area contributed by atoms with E-state index in [1.165, 1.54) is 22.4 Å². The van der Waals surface area contributed by atoms with Crippen LogP contribution in [0.25, 0.3) is 0 Å². The number of piperidine rings is 2. The van der Waals surface area contributed by atoms with Gasteiger partial charge in [0.1, 0.15) is 0 Å². The number of nitrogens with zero attached hydrogens (tertiary/aromatic N) is 3. The molecule has 35 heavy (non-hydrogen) atoms. The lowest BCUT2D eigenvalue weighted by molar-refractivity contribution is -0.134. The molecule has 7 heteroatoms. The summed E-state index contributed by atoms with van der Waals surface area (Å²) in [6.45, 7) is 4.80. The Morgan fingerprint density at radius 1 is 1.00 bits per heavy atom. The van der Waals surface area contributed by atoms with Crippen molar-refractivity contribution < 1.29 is 9.59 Å². The Kier molecular flexibility index (Phi) is 7.50. The Morgan fingerprint density at radius 3 is 2.40 bits per heavy atom. The van der Waals surface area contributed by atoms with Crippen LogP contribution < -0.4 is 0 Å². The predicted molar refractivity (Wildman–Crippen MR) is 142 cm³/mol. The first-order valence-corrected chi connectivity index (χ1v) is 14.0. The second-order valence-electron chi connectivity index (χ2n) is 10.4. The number of hydrogen-bond acceptors (Lipinski definition) is 3. The Morgan fingerprint density at radius 2 is 1.69 bits per heavy atom. The maximum atomic E-state index is 13.1. The number of fused-ring (bicyclic) bond motifs is 2. The summed E-state index contributed by atoms with van der Waals surface area (Å²) in [4.78, 5) is 33.6. The number of hydrogen-bond donors (Lipinski definition) is 0. The smallest absolute Gasteiger partial charge is 0.222 e. The number of halogens is 2. The van der Waals surface area contributed by atoms with Gasteiger partial charge in [-0.3, -0.25) is 14.6 Å². The average Bonchev–Trinajstić information content (AvgIpc) is 3.00. The molecule has 1 aliphatic carbocycles. The molecule has 3 heterocycles. The molecule has 2 aliphatic heterocycles. The quantitative estimate of drug-likeness (QED) is 0.492. The molecule has 5 nitrogen and oxygen atoms in total. The maximum Gasteiger partial charge on any atom is 0.222 e. The summed E-state index contributed by atoms with van der Waals surface area (Å²) in [5.74, 6) is 1.50. The van der Waals surface area contributed by atoms with Gasteiger partial charge in [-0.05, 0) is 101 Å². The molecule has 2 aromatic rings. The van der Waals surface area contributed by atoms with Gasteiger partial charge in [0.05, 0.1) is 5.69 Å². The van der Waals surface area contributed by atoms with Gasteiger partial charge in [0, 0.05) is 61.1 Å². The van der Waals surface area contributed by atoms with Gasteiger partial charge in [-0.2, -0.15) is 0 Å². The molecular weight excluding hydrogens is 526 g/mol. The number of carbonyl (C=O) groups is 2. The van der Waals surface area contributed by atoms with Crippen LogP contribution >= 0.6 is 27.5 Å². The zero-order chi connectivity index (χ0) is 24.5. The van der Waals surface area contributed by atoms with E-state index in [2.05, 4.69) is 39.0 Å². The molecule has 2 fully saturated rings. The Bertz CT molecular complexity index is 1050. The standard InChI is InChI=1S/C28H33BrClN3O2/c1-18(34)32-10-6-19(7-11-32)14-26(35)33-12-8-20(9-13-33)27-25-5-4-24(30)16-21(25)2-3-22-15-23(29)17-31-28(22)27/h4-5,15-17,19-20,27H,2-3,6-14H2,1H3/t27-/m0/s1. The van der Waals surface area contributed by atoms with Crippen LogP contribution in [0.5, 0.6) is 0 Å². The van der Waals surface area contributed by atoms with Gasteiger partial charge in [0.25, 0.3) is 0 Å². The number of aromatic nitrogens is 1. The summed E-state index contributed by atoms with van der Waals surface area (Å²) in [5, 5.41) is 0.789. The van der Waals surface area contributed by atoms with E-state index in [0.717, 1.165) is 74.2 Å². The molecule has 1 aromatic heterocycles. The Labute approximate surface area is 221 Å². The Balaban J connectivity index is 1.28. The largest absolute Gasteiger partial charge is 0.343 e. The van der Waals surface area contributed by atoms with E-state index in [-0.39, 0.29) is 17.7 Å². The van der Waals surface area contributed by atoms with E-state index in [1.54, 1.807) is 6.92 Å². The van der Waals surface area contributed by atoms with E-state index >= 15 is 0 Å². The molecule has 186 valence electrons. The van der Waals surface area contributed by atoms with Crippen molar-refractivity contribution in [2.24, 2.45) is 11.8 Å². The molecule has 0 bridgehead atoms. The molecule has 2 amide bonds. The van der Waals surface area contributed by atoms with Crippen LogP contribution in [0.15, 0.2) is 34.9 Å². The summed E-state index contributed by atoms with van der Waals surface area (Å²) in [6.07, 6.45) is 8.30. The third-order valence-corrected chi connectivity index (χ3v) is 8.92. The normalized spacial score (nSPS) is 21.3. The number of pyridine rings is 1. The van der Waals surface area contributed by atoms with Crippen molar-refractivity contribution in [3.8, 4) is 0 Å². The number of amides is 2. The lowest BCUT2D eigenvalue weighted by atomic mass is 9.76. The zero-order valence-electron chi connectivity index (χ0n) is 20.3. The SMILES string of the molecule is CC(=O)N1CCC(CC(=O)N2CCC([C@H]3c4ccc(Cl)cc4CCc4cc(Br)cnc43)CC2)CC1. The summed E-state index contributed by atoms with van der Waals surface area (Å²) < 4.78 is 1.02. The molecule has 0 spiro atoms. The minimum atomic E-state index is 0.141. The summed E-state index contributed by atoms with van der Waals surface area (Å²) in [6, 6.07) is 8.55. The molecule has 5 rings (SSSR count). The first-order valence-electron chi connectivity index (χ1n) is 12.8. The zero-order valence-corrected chi connectivity index (χ0v) is 22.7. The van der Waals surface area contributed by atoms with Crippen molar-refractivity contribution in [1.82, 2.24) is 14.8 Å². The molecule has 0 radical (unpaired) electrons. The maximum absolute atomic E-state index is 13.1. The average molecular weight is 559 g/mol. The number of likely N-dealkylation sites (tertiary alicyclic amines) is 2. The van der Waals surface area contributed by atoms with Gasteiger partial charge >= 0.3 is 0 Å². The van der Waals surface area contributed by atoms with E-state index in [0.29, 0.717) is 18.3 Å². The van der Waals surface area contributed by atoms with Crippen LogP contribution in [0.1, 0.15) is 67.3 Å². The molecule has 1 aromatic carbocycles. The monoisotopic (exact) mass is 557 g/mol. The van der Waals surface area contributed by atoms with Crippen molar-refractivity contribution in [3.05, 3.63) is 62.3 Å². The van der Waals surface area contributed by atoms with Crippen molar-refractivity contribution in [3.63, 3.8) is 0 Å². The minimum absolute atomic E-state index is 0.141. The van der Waals surface area contributed by atoms with Gasteiger partial charge in [0.15, 0.2) is 0 Å². The third kappa shape index (κ3) is 5.43. The first-order chi connectivity index (χ1) is 16.9. The highest BCUT2D eigenvalue weighted by atomic mass is 79.9. The molecule has 2 saturated heterocycles. The van der Waals surface area contributed by atoms with Crippen molar-refractivity contribution in [1.29, 1.82) is 0 Å². The lowest BCUT2D eigenvalue weighted by Crippen LogP contribution is -2.42. The Hall–Kier alpha value is -1.92. The molecule has 3 aliphatic rings. The molecular formula is C28H33BrClN3O2. The highest BCUT2D eigenvalue weighted by Gasteiger charge is 2.35. The second-order valence-corrected chi connectivity index (χ2v) is 11.7. The summed E-state index contributed by atoms with van der Waals surface area (Å²) in [7, 11) is 0. The van der Waals surface area contributed by atoms with Crippen molar-refractivity contribution >= 4 is 39.3 Å². The summed E-state index contributed by atoms with van der Waals surface area (Å²) >= 11 is 9.98. The van der Waals surface area contributed by atoms with Gasteiger partial charge < -0.3 is 9.80 Å². The van der Waals surface area contributed by atoms with Crippen LogP contribution in [-0.2, 0) is 22.4 Å². The van der Waals surface area contributed by atoms with Gasteiger partial charge in [-0.1, -0.05) is 17.7 Å². The van der Waals surface area contributed by atoms with Gasteiger partial charge in [-0.25, -0.2) is 0 Å². The molecule has 0 unspecified atom stereocenters. The molecule has 0 saturated carbocycles. The van der Waals surface area contributed by atoms with E-state index < -0.39 is 0 Å². The van der Waals surface area contributed by atoms with E-state index in [1.807, 2.05) is 17.2 Å². The van der Waals surface area contributed by atoms with Crippen LogP contribution in [-0.4, -0.2) is 52.8 Å². The number of aryl methyl sites for hydroxylation is 2. The van der Waals surface area contributed by atoms with Crippen LogP contribution in [0.4, 0.5) is 0 Å². The number of carbonyl (C=O) groups excluding carboxylic acids is 2. The van der Waals surface area contributed by atoms with Gasteiger partial charge in [0.2, 0.25) is 11.8 Å². The molecule has 0 N–H and O–H groups in total. The minimum Gasteiger partial charge on any atom is -0.343 e. The fourth-order valence-electron chi connectivity index (χ4n) is 6.27. The third-order valence-electron chi connectivity index (χ3n) is 8.25. The lowest BCUT2D eigenvalue weighted by Gasteiger charge is -2.38. The fourth-order valence-corrected chi connectivity index (χ4v) is 6.84. The van der Waals surface area contributed by atoms with Crippen LogP contribution in [0, 0.1) is 11.8 Å². The van der Waals surface area contributed by atoms with Gasteiger partial charge in [-0.15, -0.1) is 0 Å². The second kappa shape index (κ2) is 10.6. The van der Waals surface area contributed by atoms with Crippen LogP contribution in [0.3, 0.4) is 0 Å². The van der Waals surface area contributed by atoms with Crippen molar-refractivity contribution in [2.45, 2.75) is 57.8 Å². The number of rotatable bonds is 3. The highest BCUT2D eigenvalue weighted by molar-refractivity contribution is 9.10. The van der Waals surface area contributed by atoms with Crippen molar-refractivity contribution in [2.75, 3.05) is 26.2 Å². The van der Waals surface area contributed by atoms with Crippen LogP contribution in [0.2, 0.25) is 5.02 Å². The van der Waals surface area contributed by atoms with E-state index in [9.17, 15) is 9.59 Å². The highest BCUT2D eigenvalue weighted by Crippen LogP contribution is 2.43.